The van der Waals surface area contributed by atoms with Crippen LogP contribution in [0.3, 0.4) is 0 Å². The maximum absolute atomic E-state index is 11.9. The first-order valence-corrected chi connectivity index (χ1v) is 7.99. The quantitative estimate of drug-likeness (QED) is 0.553. The molecule has 1 amide bonds. The Labute approximate surface area is 142 Å². The zero-order valence-corrected chi connectivity index (χ0v) is 13.9. The third-order valence-electron chi connectivity index (χ3n) is 3.38. The van der Waals surface area contributed by atoms with Gasteiger partial charge >= 0.3 is 0 Å². The molecule has 0 saturated heterocycles. The molecule has 0 aliphatic rings. The molecule has 116 valence electrons. The second-order valence-corrected chi connectivity index (χ2v) is 5.94. The van der Waals surface area contributed by atoms with Gasteiger partial charge in [0.25, 0.3) is 0 Å². The molecule has 1 aromatic heterocycles. The first-order valence-electron chi connectivity index (χ1n) is 7.20. The fourth-order valence-electron chi connectivity index (χ4n) is 2.19. The second-order valence-electron chi connectivity index (χ2n) is 5.02. The summed E-state index contributed by atoms with van der Waals surface area (Å²) in [6, 6.07) is 15.5. The molecular weight excluding hydrogens is 356 g/mol. The summed E-state index contributed by atoms with van der Waals surface area (Å²) in [5.41, 5.74) is 5.42. The normalized spacial score (nSPS) is 11.2. The predicted molar refractivity (Wildman–Crippen MR) is 94.2 cm³/mol. The Balaban J connectivity index is 1.52. The number of amides is 1. The van der Waals surface area contributed by atoms with Crippen molar-refractivity contribution in [2.75, 3.05) is 0 Å². The molecule has 1 N–H and O–H groups in total. The van der Waals surface area contributed by atoms with Gasteiger partial charge in [-0.2, -0.15) is 5.10 Å². The van der Waals surface area contributed by atoms with Crippen LogP contribution >= 0.6 is 15.9 Å². The molecule has 0 atom stereocenters. The Hall–Kier alpha value is -2.47. The predicted octanol–water partition coefficient (Wildman–Crippen LogP) is 3.34. The van der Waals surface area contributed by atoms with Gasteiger partial charge in [0.15, 0.2) is 0 Å². The van der Waals surface area contributed by atoms with Crippen molar-refractivity contribution in [3.05, 3.63) is 64.9 Å². The van der Waals surface area contributed by atoms with Crippen LogP contribution in [0.15, 0.2) is 64.4 Å². The van der Waals surface area contributed by atoms with E-state index >= 15 is 0 Å². The summed E-state index contributed by atoms with van der Waals surface area (Å²) in [5, 5.41) is 3.97. The van der Waals surface area contributed by atoms with E-state index in [1.807, 2.05) is 53.1 Å². The van der Waals surface area contributed by atoms with Crippen LogP contribution in [0.4, 0.5) is 0 Å². The zero-order valence-electron chi connectivity index (χ0n) is 12.3. The summed E-state index contributed by atoms with van der Waals surface area (Å²) in [5.74, 6) is -0.129. The number of carbonyl (C=O) groups excluding carboxylic acids is 1. The molecule has 0 aliphatic heterocycles. The lowest BCUT2D eigenvalue weighted by Crippen LogP contribution is -2.19. The van der Waals surface area contributed by atoms with Crippen LogP contribution in [0, 0.1) is 0 Å². The smallest absolute Gasteiger partial charge is 0.241 e. The molecule has 2 aromatic carbocycles. The molecule has 23 heavy (non-hydrogen) atoms. The Kier molecular flexibility index (Phi) is 4.83. The van der Waals surface area contributed by atoms with Crippen molar-refractivity contribution in [3.8, 4) is 0 Å². The van der Waals surface area contributed by atoms with E-state index in [2.05, 4.69) is 31.4 Å². The SMILES string of the molecule is O=C(CCn1cnc2ccccc21)N/N=C\c1ccc(Br)cc1. The van der Waals surface area contributed by atoms with Gasteiger partial charge in [-0.15, -0.1) is 0 Å². The van der Waals surface area contributed by atoms with E-state index in [0.717, 1.165) is 21.1 Å². The third-order valence-corrected chi connectivity index (χ3v) is 3.91. The summed E-state index contributed by atoms with van der Waals surface area (Å²) < 4.78 is 2.97. The molecule has 0 saturated carbocycles. The molecule has 0 fully saturated rings. The van der Waals surface area contributed by atoms with E-state index < -0.39 is 0 Å². The van der Waals surface area contributed by atoms with Gasteiger partial charge in [-0.05, 0) is 29.8 Å². The van der Waals surface area contributed by atoms with Crippen molar-refractivity contribution in [3.63, 3.8) is 0 Å². The van der Waals surface area contributed by atoms with Gasteiger partial charge in [-0.1, -0.05) is 40.2 Å². The van der Waals surface area contributed by atoms with Gasteiger partial charge in [0, 0.05) is 17.4 Å². The molecule has 3 aromatic rings. The number of halogens is 1. The molecule has 0 radical (unpaired) electrons. The minimum absolute atomic E-state index is 0.129. The number of aromatic nitrogens is 2. The van der Waals surface area contributed by atoms with Crippen LogP contribution < -0.4 is 5.43 Å². The van der Waals surface area contributed by atoms with Gasteiger partial charge in [-0.25, -0.2) is 10.4 Å². The highest BCUT2D eigenvalue weighted by molar-refractivity contribution is 9.10. The standard InChI is InChI=1S/C17H15BrN4O/c18-14-7-5-13(6-8-14)11-20-21-17(23)9-10-22-12-19-15-3-1-2-4-16(15)22/h1-8,11-12H,9-10H2,(H,21,23)/b20-11-. The number of nitrogens with zero attached hydrogens (tertiary/aromatic N) is 3. The average Bonchev–Trinajstić information content (AvgIpc) is 2.98. The number of imidazole rings is 1. The summed E-state index contributed by atoms with van der Waals surface area (Å²) >= 11 is 3.37. The van der Waals surface area contributed by atoms with Crippen molar-refractivity contribution in [1.29, 1.82) is 0 Å². The molecule has 0 bridgehead atoms. The van der Waals surface area contributed by atoms with Crippen molar-refractivity contribution < 1.29 is 4.79 Å². The summed E-state index contributed by atoms with van der Waals surface area (Å²) in [7, 11) is 0. The van der Waals surface area contributed by atoms with Gasteiger partial charge in [-0.3, -0.25) is 4.79 Å². The number of hydrazone groups is 1. The lowest BCUT2D eigenvalue weighted by Gasteiger charge is -2.03. The third kappa shape index (κ3) is 4.04. The highest BCUT2D eigenvalue weighted by atomic mass is 79.9. The Bertz CT molecular complexity index is 839. The van der Waals surface area contributed by atoms with Crippen LogP contribution in [-0.2, 0) is 11.3 Å². The highest BCUT2D eigenvalue weighted by Gasteiger charge is 2.04. The van der Waals surface area contributed by atoms with E-state index in [9.17, 15) is 4.79 Å². The number of rotatable bonds is 5. The summed E-state index contributed by atoms with van der Waals surface area (Å²) in [6.45, 7) is 0.570. The number of benzene rings is 2. The number of carbonyl (C=O) groups is 1. The minimum Gasteiger partial charge on any atom is -0.330 e. The van der Waals surface area contributed by atoms with E-state index in [-0.39, 0.29) is 5.91 Å². The Morgan fingerprint density at radius 1 is 1.22 bits per heavy atom. The Morgan fingerprint density at radius 3 is 2.83 bits per heavy atom. The number of para-hydroxylation sites is 2. The lowest BCUT2D eigenvalue weighted by molar-refractivity contribution is -0.121. The van der Waals surface area contributed by atoms with Crippen LogP contribution in [0.25, 0.3) is 11.0 Å². The molecule has 0 aliphatic carbocycles. The van der Waals surface area contributed by atoms with Crippen LogP contribution in [0.2, 0.25) is 0 Å². The van der Waals surface area contributed by atoms with E-state index in [4.69, 9.17) is 0 Å². The fourth-order valence-corrected chi connectivity index (χ4v) is 2.46. The van der Waals surface area contributed by atoms with Crippen molar-refractivity contribution in [2.45, 2.75) is 13.0 Å². The lowest BCUT2D eigenvalue weighted by atomic mass is 10.2. The number of nitrogens with one attached hydrogen (secondary N) is 1. The van der Waals surface area contributed by atoms with Crippen molar-refractivity contribution >= 4 is 39.1 Å². The molecule has 1 heterocycles. The fraction of sp³-hybridized carbons (Fsp3) is 0.118. The molecule has 6 heteroatoms. The number of fused-ring (bicyclic) bond motifs is 1. The molecular formula is C17H15BrN4O. The molecule has 3 rings (SSSR count). The van der Waals surface area contributed by atoms with Gasteiger partial charge in [0.05, 0.1) is 23.6 Å². The van der Waals surface area contributed by atoms with E-state index in [0.29, 0.717) is 13.0 Å². The molecule has 0 unspecified atom stereocenters. The average molecular weight is 371 g/mol. The van der Waals surface area contributed by atoms with Crippen LogP contribution in [-0.4, -0.2) is 21.7 Å². The monoisotopic (exact) mass is 370 g/mol. The van der Waals surface area contributed by atoms with Gasteiger partial charge in [0.2, 0.25) is 5.91 Å². The highest BCUT2D eigenvalue weighted by Crippen LogP contribution is 2.12. The minimum atomic E-state index is -0.129. The topological polar surface area (TPSA) is 59.3 Å². The van der Waals surface area contributed by atoms with Crippen molar-refractivity contribution in [2.24, 2.45) is 5.10 Å². The number of hydrogen-bond donors (Lipinski definition) is 1. The molecule has 5 nitrogen and oxygen atoms in total. The number of aryl methyl sites for hydroxylation is 1. The maximum Gasteiger partial charge on any atom is 0.241 e. The first-order chi connectivity index (χ1) is 11.2. The maximum atomic E-state index is 11.9. The molecule has 0 spiro atoms. The first kappa shape index (κ1) is 15.4. The number of hydrogen-bond acceptors (Lipinski definition) is 3. The van der Waals surface area contributed by atoms with Crippen molar-refractivity contribution in [1.82, 2.24) is 15.0 Å². The second kappa shape index (κ2) is 7.19. The summed E-state index contributed by atoms with van der Waals surface area (Å²) in [6.07, 6.45) is 3.72. The Morgan fingerprint density at radius 2 is 2.00 bits per heavy atom. The van der Waals surface area contributed by atoms with E-state index in [1.54, 1.807) is 12.5 Å². The zero-order chi connectivity index (χ0) is 16.1. The van der Waals surface area contributed by atoms with Crippen LogP contribution in [0.5, 0.6) is 0 Å². The largest absolute Gasteiger partial charge is 0.330 e. The van der Waals surface area contributed by atoms with E-state index in [1.165, 1.54) is 0 Å². The van der Waals surface area contributed by atoms with Crippen LogP contribution in [0.1, 0.15) is 12.0 Å². The van der Waals surface area contributed by atoms with Gasteiger partial charge in [0.1, 0.15) is 0 Å². The van der Waals surface area contributed by atoms with Gasteiger partial charge < -0.3 is 4.57 Å². The summed E-state index contributed by atoms with van der Waals surface area (Å²) in [4.78, 5) is 16.2.